The van der Waals surface area contributed by atoms with Crippen molar-refractivity contribution in [3.05, 3.63) is 41.7 Å². The van der Waals surface area contributed by atoms with Gasteiger partial charge < -0.3 is 20.8 Å². The summed E-state index contributed by atoms with van der Waals surface area (Å²) < 4.78 is 4.51. The highest BCUT2D eigenvalue weighted by Gasteiger charge is 2.13. The summed E-state index contributed by atoms with van der Waals surface area (Å²) in [5.74, 6) is -0.346. The maximum atomic E-state index is 12.1. The van der Waals surface area contributed by atoms with Crippen LogP contribution in [0.3, 0.4) is 0 Å². The molecule has 2 heterocycles. The molecule has 10 nitrogen and oxygen atoms in total. The van der Waals surface area contributed by atoms with E-state index in [1.54, 1.807) is 24.3 Å². The van der Waals surface area contributed by atoms with Crippen LogP contribution < -0.4 is 11.1 Å². The van der Waals surface area contributed by atoms with Gasteiger partial charge in [0, 0.05) is 17.7 Å². The van der Waals surface area contributed by atoms with Crippen LogP contribution in [0.1, 0.15) is 22.5 Å². The Balaban J connectivity index is 1.77. The molecular weight excluding hydrogens is 350 g/mol. The van der Waals surface area contributed by atoms with Crippen molar-refractivity contribution in [1.82, 2.24) is 25.3 Å². The van der Waals surface area contributed by atoms with E-state index in [0.717, 1.165) is 5.56 Å². The first-order valence-corrected chi connectivity index (χ1v) is 8.00. The molecule has 1 amide bonds. The van der Waals surface area contributed by atoms with Crippen LogP contribution in [-0.2, 0) is 9.53 Å². The van der Waals surface area contributed by atoms with E-state index < -0.39 is 11.9 Å². The Morgan fingerprint density at radius 3 is 2.67 bits per heavy atom. The number of esters is 1. The summed E-state index contributed by atoms with van der Waals surface area (Å²) in [6.45, 7) is 0.141. The number of fused-ring (bicyclic) bond motifs is 1. The van der Waals surface area contributed by atoms with Crippen molar-refractivity contribution in [2.45, 2.75) is 6.42 Å². The SMILES string of the molecule is COC(=O)CCNC(=O)c1cnc2nc(-c3ccc(C(=N)N)cc3)[nH]c2n1. The van der Waals surface area contributed by atoms with Crippen molar-refractivity contribution < 1.29 is 14.3 Å². The van der Waals surface area contributed by atoms with Crippen LogP contribution >= 0.6 is 0 Å². The summed E-state index contributed by atoms with van der Waals surface area (Å²) in [4.78, 5) is 38.9. The fourth-order valence-corrected chi connectivity index (χ4v) is 2.32. The molecule has 5 N–H and O–H groups in total. The first kappa shape index (κ1) is 18.0. The largest absolute Gasteiger partial charge is 0.469 e. The molecule has 0 aliphatic rings. The van der Waals surface area contributed by atoms with Crippen LogP contribution in [0.15, 0.2) is 30.5 Å². The number of amides is 1. The van der Waals surface area contributed by atoms with Crippen LogP contribution in [0, 0.1) is 5.41 Å². The van der Waals surface area contributed by atoms with Gasteiger partial charge in [-0.2, -0.15) is 0 Å². The summed E-state index contributed by atoms with van der Waals surface area (Å²) in [5.41, 5.74) is 7.66. The van der Waals surface area contributed by atoms with Gasteiger partial charge in [0.25, 0.3) is 5.91 Å². The predicted molar refractivity (Wildman–Crippen MR) is 97.1 cm³/mol. The van der Waals surface area contributed by atoms with Gasteiger partial charge in [-0.25, -0.2) is 15.0 Å². The number of nitrogens with one attached hydrogen (secondary N) is 3. The molecule has 0 spiro atoms. The number of amidine groups is 1. The number of nitrogen functional groups attached to an aromatic ring is 1. The standard InChI is InChI=1S/C17H17N7O3/c1-27-12(25)6-7-20-17(26)11-8-21-15-16(22-11)24-14(23-15)10-4-2-9(3-5-10)13(18)19/h2-5,8H,6-7H2,1H3,(H3,18,19)(H,20,26)(H,21,22,23,24). The summed E-state index contributed by atoms with van der Waals surface area (Å²) >= 11 is 0. The number of benzene rings is 1. The van der Waals surface area contributed by atoms with Crippen LogP contribution in [0.25, 0.3) is 22.7 Å². The van der Waals surface area contributed by atoms with Gasteiger partial charge in [0.2, 0.25) is 0 Å². The summed E-state index contributed by atoms with van der Waals surface area (Å²) in [5, 5.41) is 9.99. The van der Waals surface area contributed by atoms with Gasteiger partial charge in [0.05, 0.1) is 19.7 Å². The highest BCUT2D eigenvalue weighted by Crippen LogP contribution is 2.19. The molecule has 0 unspecified atom stereocenters. The first-order chi connectivity index (χ1) is 13.0. The molecule has 0 saturated heterocycles. The Morgan fingerprint density at radius 2 is 2.00 bits per heavy atom. The van der Waals surface area contributed by atoms with Crippen molar-refractivity contribution in [3.8, 4) is 11.4 Å². The predicted octanol–water partition coefficient (Wildman–Crippen LogP) is 0.597. The van der Waals surface area contributed by atoms with E-state index in [1.807, 2.05) is 0 Å². The lowest BCUT2D eigenvalue weighted by Gasteiger charge is -2.03. The quantitative estimate of drug-likeness (QED) is 0.282. The number of carbonyl (C=O) groups is 2. The minimum atomic E-state index is -0.449. The Hall–Kier alpha value is -3.82. The van der Waals surface area contributed by atoms with Gasteiger partial charge in [-0.1, -0.05) is 24.3 Å². The molecule has 0 saturated carbocycles. The van der Waals surface area contributed by atoms with E-state index in [1.165, 1.54) is 13.3 Å². The fraction of sp³-hybridized carbons (Fsp3) is 0.176. The average molecular weight is 367 g/mol. The van der Waals surface area contributed by atoms with Gasteiger partial charge >= 0.3 is 5.97 Å². The molecule has 0 radical (unpaired) electrons. The molecular formula is C17H17N7O3. The van der Waals surface area contributed by atoms with E-state index in [9.17, 15) is 9.59 Å². The summed E-state index contributed by atoms with van der Waals surface area (Å²) in [7, 11) is 1.28. The summed E-state index contributed by atoms with van der Waals surface area (Å²) in [6.07, 6.45) is 1.39. The molecule has 0 aliphatic heterocycles. The second-order valence-corrected chi connectivity index (χ2v) is 5.59. The molecule has 0 bridgehead atoms. The number of hydrogen-bond acceptors (Lipinski definition) is 7. The maximum absolute atomic E-state index is 12.1. The second-order valence-electron chi connectivity index (χ2n) is 5.59. The number of nitrogens with zero attached hydrogens (tertiary/aromatic N) is 3. The van der Waals surface area contributed by atoms with Crippen molar-refractivity contribution in [3.63, 3.8) is 0 Å². The number of rotatable bonds is 6. The van der Waals surface area contributed by atoms with Crippen molar-refractivity contribution in [2.75, 3.05) is 13.7 Å². The third-order valence-corrected chi connectivity index (χ3v) is 3.75. The van der Waals surface area contributed by atoms with Crippen LogP contribution in [0.5, 0.6) is 0 Å². The number of carbonyl (C=O) groups excluding carboxylic acids is 2. The minimum absolute atomic E-state index is 0.0163. The number of imidazole rings is 1. The normalized spacial score (nSPS) is 10.6. The first-order valence-electron chi connectivity index (χ1n) is 8.00. The number of H-pyrrole nitrogens is 1. The number of methoxy groups -OCH3 is 1. The van der Waals surface area contributed by atoms with Gasteiger partial charge in [-0.15, -0.1) is 0 Å². The highest BCUT2D eigenvalue weighted by atomic mass is 16.5. The zero-order valence-corrected chi connectivity index (χ0v) is 14.4. The number of aromatic nitrogens is 4. The topological polar surface area (TPSA) is 160 Å². The zero-order chi connectivity index (χ0) is 19.4. The molecule has 0 aliphatic carbocycles. The van der Waals surface area contributed by atoms with Gasteiger partial charge in [-0.05, 0) is 0 Å². The Kier molecular flexibility index (Phi) is 5.06. The van der Waals surface area contributed by atoms with E-state index in [0.29, 0.717) is 22.7 Å². The molecule has 3 rings (SSSR count). The maximum Gasteiger partial charge on any atom is 0.307 e. The molecule has 138 valence electrons. The molecule has 27 heavy (non-hydrogen) atoms. The van der Waals surface area contributed by atoms with E-state index in [2.05, 4.69) is 30.0 Å². The van der Waals surface area contributed by atoms with E-state index in [4.69, 9.17) is 11.1 Å². The smallest absolute Gasteiger partial charge is 0.307 e. The Bertz CT molecular complexity index is 1010. The van der Waals surface area contributed by atoms with Crippen LogP contribution in [-0.4, -0.2) is 51.3 Å². The van der Waals surface area contributed by atoms with Crippen LogP contribution in [0.4, 0.5) is 0 Å². The molecule has 1 aromatic carbocycles. The number of ether oxygens (including phenoxy) is 1. The van der Waals surface area contributed by atoms with Crippen LogP contribution in [0.2, 0.25) is 0 Å². The monoisotopic (exact) mass is 367 g/mol. The van der Waals surface area contributed by atoms with Gasteiger partial charge in [0.15, 0.2) is 11.3 Å². The van der Waals surface area contributed by atoms with Crippen molar-refractivity contribution in [2.24, 2.45) is 5.73 Å². The lowest BCUT2D eigenvalue weighted by atomic mass is 10.1. The highest BCUT2D eigenvalue weighted by molar-refractivity contribution is 5.95. The Labute approximate surface area is 153 Å². The third kappa shape index (κ3) is 4.06. The number of nitrogens with two attached hydrogens (primary N) is 1. The molecule has 3 aromatic rings. The lowest BCUT2D eigenvalue weighted by Crippen LogP contribution is -2.27. The number of hydrogen-bond donors (Lipinski definition) is 4. The number of aromatic amines is 1. The zero-order valence-electron chi connectivity index (χ0n) is 14.4. The molecule has 0 fully saturated rings. The lowest BCUT2D eigenvalue weighted by molar-refractivity contribution is -0.140. The fourth-order valence-electron chi connectivity index (χ4n) is 2.32. The average Bonchev–Trinajstić information content (AvgIpc) is 3.11. The van der Waals surface area contributed by atoms with Crippen molar-refractivity contribution in [1.29, 1.82) is 5.41 Å². The van der Waals surface area contributed by atoms with E-state index >= 15 is 0 Å². The second kappa shape index (κ2) is 7.60. The van der Waals surface area contributed by atoms with E-state index in [-0.39, 0.29) is 24.5 Å². The van der Waals surface area contributed by atoms with Gasteiger partial charge in [-0.3, -0.25) is 15.0 Å². The molecule has 2 aromatic heterocycles. The molecule has 10 heteroatoms. The Morgan fingerprint density at radius 1 is 1.26 bits per heavy atom. The van der Waals surface area contributed by atoms with Crippen molar-refractivity contribution >= 4 is 29.0 Å². The van der Waals surface area contributed by atoms with Gasteiger partial charge in [0.1, 0.15) is 17.4 Å². The third-order valence-electron chi connectivity index (χ3n) is 3.75. The molecule has 0 atom stereocenters. The summed E-state index contributed by atoms with van der Waals surface area (Å²) in [6, 6.07) is 6.97. The minimum Gasteiger partial charge on any atom is -0.469 e.